The fraction of sp³-hybridized carbons (Fsp3) is 0.700. The second kappa shape index (κ2) is 5.24. The van der Waals surface area contributed by atoms with E-state index in [1.54, 1.807) is 6.92 Å². The van der Waals surface area contributed by atoms with Gasteiger partial charge in [-0.05, 0) is 0 Å². The highest BCUT2D eigenvalue weighted by Gasteiger charge is 2.31. The van der Waals surface area contributed by atoms with E-state index in [0.29, 0.717) is 38.1 Å². The van der Waals surface area contributed by atoms with E-state index in [0.717, 1.165) is 0 Å². The first kappa shape index (κ1) is 12.0. The van der Waals surface area contributed by atoms with Gasteiger partial charge < -0.3 is 13.9 Å². The number of nitrogens with zero attached hydrogens (tertiary/aromatic N) is 3. The van der Waals surface area contributed by atoms with Crippen molar-refractivity contribution in [3.05, 3.63) is 11.8 Å². The zero-order valence-electron chi connectivity index (χ0n) is 9.88. The van der Waals surface area contributed by atoms with Gasteiger partial charge in [0.2, 0.25) is 11.8 Å². The number of morpholine rings is 1. The van der Waals surface area contributed by atoms with Crippen molar-refractivity contribution < 1.29 is 18.7 Å². The van der Waals surface area contributed by atoms with Crippen LogP contribution in [0.15, 0.2) is 4.42 Å². The van der Waals surface area contributed by atoms with Crippen molar-refractivity contribution in [2.75, 3.05) is 26.9 Å². The van der Waals surface area contributed by atoms with Gasteiger partial charge in [0.15, 0.2) is 0 Å². The lowest BCUT2D eigenvalue weighted by Crippen LogP contribution is -2.49. The molecule has 2 rings (SSSR count). The van der Waals surface area contributed by atoms with Crippen LogP contribution in [0.2, 0.25) is 0 Å². The third kappa shape index (κ3) is 2.80. The maximum Gasteiger partial charge on any atom is 0.325 e. The van der Waals surface area contributed by atoms with E-state index in [4.69, 9.17) is 13.9 Å². The molecule has 1 fully saturated rings. The number of rotatable bonds is 3. The van der Waals surface area contributed by atoms with Gasteiger partial charge in [0, 0.05) is 13.5 Å². The summed E-state index contributed by atoms with van der Waals surface area (Å²) in [6.45, 7) is 3.72. The smallest absolute Gasteiger partial charge is 0.325 e. The lowest BCUT2D eigenvalue weighted by atomic mass is 10.2. The van der Waals surface area contributed by atoms with Crippen LogP contribution in [0.4, 0.5) is 0 Å². The molecule has 0 aliphatic carbocycles. The predicted molar refractivity (Wildman–Crippen MR) is 56.1 cm³/mol. The molecule has 0 saturated carbocycles. The van der Waals surface area contributed by atoms with Crippen LogP contribution in [0.3, 0.4) is 0 Å². The summed E-state index contributed by atoms with van der Waals surface area (Å²) in [4.78, 5) is 13.5. The van der Waals surface area contributed by atoms with Gasteiger partial charge in [0.1, 0.15) is 6.04 Å². The Bertz CT molecular complexity index is 393. The van der Waals surface area contributed by atoms with Crippen LogP contribution in [-0.2, 0) is 20.8 Å². The summed E-state index contributed by atoms with van der Waals surface area (Å²) in [5, 5.41) is 7.66. The van der Waals surface area contributed by atoms with E-state index in [-0.39, 0.29) is 5.97 Å². The van der Waals surface area contributed by atoms with Crippen LogP contribution in [0.1, 0.15) is 11.8 Å². The minimum Gasteiger partial charge on any atom is -0.468 e. The van der Waals surface area contributed by atoms with E-state index in [1.165, 1.54) is 7.11 Å². The van der Waals surface area contributed by atoms with Gasteiger partial charge in [0.05, 0.1) is 26.9 Å². The van der Waals surface area contributed by atoms with E-state index < -0.39 is 6.04 Å². The highest BCUT2D eigenvalue weighted by atomic mass is 16.5. The zero-order valence-corrected chi connectivity index (χ0v) is 9.88. The Kier molecular flexibility index (Phi) is 3.70. The van der Waals surface area contributed by atoms with E-state index in [9.17, 15) is 4.79 Å². The Balaban J connectivity index is 2.03. The molecule has 0 spiro atoms. The minimum atomic E-state index is -0.402. The topological polar surface area (TPSA) is 77.7 Å². The number of hydrogen-bond acceptors (Lipinski definition) is 7. The zero-order chi connectivity index (χ0) is 12.3. The molecule has 2 heterocycles. The summed E-state index contributed by atoms with van der Waals surface area (Å²) < 4.78 is 15.3. The average molecular weight is 241 g/mol. The summed E-state index contributed by atoms with van der Waals surface area (Å²) in [5.74, 6) is 0.710. The predicted octanol–water partition coefficient (Wildman–Crippen LogP) is -0.248. The number of carbonyl (C=O) groups is 1. The molecule has 7 nitrogen and oxygen atoms in total. The SMILES string of the molecule is COC(=O)C1COCCN1Cc1nnc(C)o1. The van der Waals surface area contributed by atoms with Gasteiger partial charge in [-0.2, -0.15) is 0 Å². The third-order valence-corrected chi connectivity index (χ3v) is 2.62. The van der Waals surface area contributed by atoms with E-state index >= 15 is 0 Å². The number of ether oxygens (including phenoxy) is 2. The van der Waals surface area contributed by atoms with E-state index in [1.807, 2.05) is 4.90 Å². The molecule has 0 N–H and O–H groups in total. The fourth-order valence-electron chi connectivity index (χ4n) is 1.76. The Morgan fingerprint density at radius 3 is 3.06 bits per heavy atom. The van der Waals surface area contributed by atoms with Crippen molar-refractivity contribution in [1.82, 2.24) is 15.1 Å². The molecule has 0 amide bonds. The molecule has 0 radical (unpaired) electrons. The molecule has 17 heavy (non-hydrogen) atoms. The summed E-state index contributed by atoms with van der Waals surface area (Å²) in [7, 11) is 1.37. The van der Waals surface area contributed by atoms with Crippen molar-refractivity contribution in [2.45, 2.75) is 19.5 Å². The number of methoxy groups -OCH3 is 1. The first-order valence-corrected chi connectivity index (χ1v) is 5.39. The highest BCUT2D eigenvalue weighted by molar-refractivity contribution is 5.75. The second-order valence-corrected chi connectivity index (χ2v) is 3.80. The molecule has 1 saturated heterocycles. The van der Waals surface area contributed by atoms with Gasteiger partial charge in [-0.25, -0.2) is 0 Å². The maximum absolute atomic E-state index is 11.6. The summed E-state index contributed by atoms with van der Waals surface area (Å²) >= 11 is 0. The molecule has 1 aromatic heterocycles. The second-order valence-electron chi connectivity index (χ2n) is 3.80. The van der Waals surface area contributed by atoms with Crippen LogP contribution in [0.25, 0.3) is 0 Å². The normalized spacial score (nSPS) is 21.4. The lowest BCUT2D eigenvalue weighted by Gasteiger charge is -2.32. The molecule has 1 aromatic rings. The summed E-state index contributed by atoms with van der Waals surface area (Å²) in [6.07, 6.45) is 0. The fourth-order valence-corrected chi connectivity index (χ4v) is 1.76. The van der Waals surface area contributed by atoms with Gasteiger partial charge in [-0.1, -0.05) is 0 Å². The van der Waals surface area contributed by atoms with Gasteiger partial charge in [-0.15, -0.1) is 10.2 Å². The summed E-state index contributed by atoms with van der Waals surface area (Å²) in [6, 6.07) is -0.402. The van der Waals surface area contributed by atoms with Crippen molar-refractivity contribution >= 4 is 5.97 Å². The largest absolute Gasteiger partial charge is 0.468 e. The molecule has 1 atom stereocenters. The van der Waals surface area contributed by atoms with Gasteiger partial charge >= 0.3 is 5.97 Å². The molecular weight excluding hydrogens is 226 g/mol. The number of carbonyl (C=O) groups excluding carboxylic acids is 1. The minimum absolute atomic E-state index is 0.305. The van der Waals surface area contributed by atoms with E-state index in [2.05, 4.69) is 10.2 Å². The Labute approximate surface area is 98.7 Å². The Hall–Kier alpha value is -1.47. The molecule has 1 aliphatic rings. The van der Waals surface area contributed by atoms with Crippen LogP contribution in [-0.4, -0.2) is 54.0 Å². The summed E-state index contributed by atoms with van der Waals surface area (Å²) in [5.41, 5.74) is 0. The van der Waals surface area contributed by atoms with Gasteiger partial charge in [0.25, 0.3) is 0 Å². The molecule has 1 unspecified atom stereocenters. The van der Waals surface area contributed by atoms with Crippen LogP contribution < -0.4 is 0 Å². The third-order valence-electron chi connectivity index (χ3n) is 2.62. The molecule has 0 aromatic carbocycles. The van der Waals surface area contributed by atoms with Crippen LogP contribution in [0, 0.1) is 6.92 Å². The number of aryl methyl sites for hydroxylation is 1. The maximum atomic E-state index is 11.6. The van der Waals surface area contributed by atoms with Crippen LogP contribution in [0.5, 0.6) is 0 Å². The number of esters is 1. The highest BCUT2D eigenvalue weighted by Crippen LogP contribution is 2.12. The first-order valence-electron chi connectivity index (χ1n) is 5.39. The number of hydrogen-bond donors (Lipinski definition) is 0. The Morgan fingerprint density at radius 1 is 1.59 bits per heavy atom. The molecule has 1 aliphatic heterocycles. The Morgan fingerprint density at radius 2 is 2.41 bits per heavy atom. The van der Waals surface area contributed by atoms with Crippen molar-refractivity contribution in [3.8, 4) is 0 Å². The van der Waals surface area contributed by atoms with Crippen molar-refractivity contribution in [1.29, 1.82) is 0 Å². The van der Waals surface area contributed by atoms with Crippen molar-refractivity contribution in [3.63, 3.8) is 0 Å². The van der Waals surface area contributed by atoms with Crippen LogP contribution >= 0.6 is 0 Å². The average Bonchev–Trinajstić information content (AvgIpc) is 2.74. The number of aromatic nitrogens is 2. The molecule has 7 heteroatoms. The van der Waals surface area contributed by atoms with Crippen molar-refractivity contribution in [2.24, 2.45) is 0 Å². The quantitative estimate of drug-likeness (QED) is 0.675. The van der Waals surface area contributed by atoms with Gasteiger partial charge in [-0.3, -0.25) is 9.69 Å². The monoisotopic (exact) mass is 241 g/mol. The lowest BCUT2D eigenvalue weighted by molar-refractivity contribution is -0.153. The standard InChI is InChI=1S/C10H15N3O4/c1-7-11-12-9(17-7)5-13-3-4-16-6-8(13)10(14)15-2/h8H,3-6H2,1-2H3. The molecular formula is C10H15N3O4. The molecule has 0 bridgehead atoms. The molecule has 94 valence electrons. The first-order chi connectivity index (χ1) is 8.20.